The molecule has 0 unspecified atom stereocenters. The van der Waals surface area contributed by atoms with Crippen molar-refractivity contribution in [3.8, 4) is 11.5 Å². The predicted molar refractivity (Wildman–Crippen MR) is 80.6 cm³/mol. The molecule has 0 saturated heterocycles. The zero-order chi connectivity index (χ0) is 15.4. The predicted octanol–water partition coefficient (Wildman–Crippen LogP) is 3.10. The number of rotatable bonds is 6. The fourth-order valence-electron chi connectivity index (χ4n) is 1.96. The number of nitrogens with zero attached hydrogens (tertiary/aromatic N) is 2. The van der Waals surface area contributed by atoms with E-state index in [1.807, 2.05) is 23.0 Å². The van der Waals surface area contributed by atoms with Gasteiger partial charge in [0.25, 0.3) is 0 Å². The highest BCUT2D eigenvalue weighted by Gasteiger charge is 2.10. The fourth-order valence-corrected chi connectivity index (χ4v) is 1.96. The molecule has 1 aromatic heterocycles. The molecule has 0 bridgehead atoms. The molecule has 0 radical (unpaired) electrons. The fraction of sp³-hybridized carbons (Fsp3) is 0.438. The van der Waals surface area contributed by atoms with Crippen LogP contribution in [-0.2, 0) is 6.61 Å². The number of aliphatic hydroxyl groups excluding tert-OH is 1. The first-order chi connectivity index (χ1) is 10.0. The van der Waals surface area contributed by atoms with Crippen LogP contribution in [0.15, 0.2) is 30.5 Å². The average molecular weight is 290 g/mol. The molecule has 0 spiro atoms. The number of ether oxygens (including phenoxy) is 2. The number of aliphatic hydroxyl groups is 1. The monoisotopic (exact) mass is 290 g/mol. The standard InChI is InChI=1S/C16H22N2O3/c1-11(2)18-8-7-14(17-18)10-21-15-6-5-13(12(3)19)9-16(15)20-4/h5-9,11-12,19H,10H2,1-4H3/t12-/m0/s1. The van der Waals surface area contributed by atoms with E-state index in [2.05, 4.69) is 18.9 Å². The Labute approximate surface area is 125 Å². The number of benzene rings is 1. The molecule has 5 nitrogen and oxygen atoms in total. The van der Waals surface area contributed by atoms with Gasteiger partial charge >= 0.3 is 0 Å². The van der Waals surface area contributed by atoms with Crippen LogP contribution < -0.4 is 9.47 Å². The molecule has 2 rings (SSSR count). The van der Waals surface area contributed by atoms with Gasteiger partial charge in [-0.05, 0) is 44.5 Å². The lowest BCUT2D eigenvalue weighted by Crippen LogP contribution is -2.04. The van der Waals surface area contributed by atoms with Gasteiger partial charge in [-0.25, -0.2) is 0 Å². The van der Waals surface area contributed by atoms with E-state index in [4.69, 9.17) is 9.47 Å². The Bertz CT molecular complexity index is 591. The highest BCUT2D eigenvalue weighted by Crippen LogP contribution is 2.30. The largest absolute Gasteiger partial charge is 0.493 e. The average Bonchev–Trinajstić information content (AvgIpc) is 2.93. The molecule has 1 heterocycles. The Morgan fingerprint density at radius 3 is 2.52 bits per heavy atom. The topological polar surface area (TPSA) is 56.5 Å². The molecule has 0 aliphatic carbocycles. The van der Waals surface area contributed by atoms with Gasteiger partial charge in [0.2, 0.25) is 0 Å². The van der Waals surface area contributed by atoms with E-state index in [1.54, 1.807) is 26.2 Å². The van der Waals surface area contributed by atoms with Crippen molar-refractivity contribution in [3.63, 3.8) is 0 Å². The maximum Gasteiger partial charge on any atom is 0.161 e. The van der Waals surface area contributed by atoms with Crippen molar-refractivity contribution >= 4 is 0 Å². The molecule has 0 aliphatic heterocycles. The van der Waals surface area contributed by atoms with Gasteiger partial charge in [-0.15, -0.1) is 0 Å². The smallest absolute Gasteiger partial charge is 0.161 e. The van der Waals surface area contributed by atoms with Crippen LogP contribution >= 0.6 is 0 Å². The summed E-state index contributed by atoms with van der Waals surface area (Å²) >= 11 is 0. The summed E-state index contributed by atoms with van der Waals surface area (Å²) in [6.45, 7) is 6.25. The van der Waals surface area contributed by atoms with Crippen LogP contribution in [0.3, 0.4) is 0 Å². The Kier molecular flexibility index (Phi) is 4.85. The van der Waals surface area contributed by atoms with Crippen molar-refractivity contribution < 1.29 is 14.6 Å². The van der Waals surface area contributed by atoms with E-state index in [1.165, 1.54) is 0 Å². The molecule has 21 heavy (non-hydrogen) atoms. The van der Waals surface area contributed by atoms with Crippen molar-refractivity contribution in [1.82, 2.24) is 9.78 Å². The van der Waals surface area contributed by atoms with Gasteiger partial charge in [0.05, 0.1) is 18.9 Å². The minimum atomic E-state index is -0.533. The van der Waals surface area contributed by atoms with Gasteiger partial charge in [-0.3, -0.25) is 4.68 Å². The van der Waals surface area contributed by atoms with E-state index in [0.717, 1.165) is 11.3 Å². The molecule has 0 amide bonds. The van der Waals surface area contributed by atoms with Crippen LogP contribution in [0.25, 0.3) is 0 Å². The first kappa shape index (κ1) is 15.4. The Morgan fingerprint density at radius 1 is 1.19 bits per heavy atom. The molecule has 1 N–H and O–H groups in total. The molecule has 0 fully saturated rings. The van der Waals surface area contributed by atoms with Crippen LogP contribution in [-0.4, -0.2) is 22.0 Å². The highest BCUT2D eigenvalue weighted by molar-refractivity contribution is 5.43. The van der Waals surface area contributed by atoms with Crippen LogP contribution in [0.2, 0.25) is 0 Å². The lowest BCUT2D eigenvalue weighted by molar-refractivity contribution is 0.198. The number of aromatic nitrogens is 2. The van der Waals surface area contributed by atoms with E-state index < -0.39 is 6.10 Å². The van der Waals surface area contributed by atoms with Gasteiger partial charge < -0.3 is 14.6 Å². The van der Waals surface area contributed by atoms with E-state index >= 15 is 0 Å². The summed E-state index contributed by atoms with van der Waals surface area (Å²) < 4.78 is 13.0. The molecule has 114 valence electrons. The number of hydrogen-bond acceptors (Lipinski definition) is 4. The number of hydrogen-bond donors (Lipinski definition) is 1. The Balaban J connectivity index is 2.08. The summed E-state index contributed by atoms with van der Waals surface area (Å²) in [6.07, 6.45) is 1.41. The molecule has 1 atom stereocenters. The van der Waals surface area contributed by atoms with Crippen molar-refractivity contribution in [1.29, 1.82) is 0 Å². The minimum Gasteiger partial charge on any atom is -0.493 e. The zero-order valence-corrected chi connectivity index (χ0v) is 12.9. The van der Waals surface area contributed by atoms with Gasteiger partial charge in [-0.2, -0.15) is 5.10 Å². The molecular weight excluding hydrogens is 268 g/mol. The second-order valence-corrected chi connectivity index (χ2v) is 5.26. The zero-order valence-electron chi connectivity index (χ0n) is 12.9. The minimum absolute atomic E-state index is 0.332. The first-order valence-electron chi connectivity index (χ1n) is 7.04. The van der Waals surface area contributed by atoms with Gasteiger partial charge in [0.15, 0.2) is 11.5 Å². The maximum atomic E-state index is 9.59. The summed E-state index contributed by atoms with van der Waals surface area (Å²) in [6, 6.07) is 7.69. The normalized spacial score (nSPS) is 12.5. The molecular formula is C16H22N2O3. The lowest BCUT2D eigenvalue weighted by Gasteiger charge is -2.12. The van der Waals surface area contributed by atoms with Crippen molar-refractivity contribution in [2.45, 2.75) is 39.5 Å². The van der Waals surface area contributed by atoms with E-state index in [-0.39, 0.29) is 0 Å². The third-order valence-electron chi connectivity index (χ3n) is 3.24. The molecule has 1 aromatic carbocycles. The third-order valence-corrected chi connectivity index (χ3v) is 3.24. The van der Waals surface area contributed by atoms with Gasteiger partial charge in [-0.1, -0.05) is 6.07 Å². The Hall–Kier alpha value is -2.01. The second kappa shape index (κ2) is 6.63. The Morgan fingerprint density at radius 2 is 1.95 bits per heavy atom. The summed E-state index contributed by atoms with van der Waals surface area (Å²) in [7, 11) is 1.58. The third kappa shape index (κ3) is 3.76. The van der Waals surface area contributed by atoms with E-state index in [9.17, 15) is 5.11 Å². The summed E-state index contributed by atoms with van der Waals surface area (Å²) in [4.78, 5) is 0. The van der Waals surface area contributed by atoms with Crippen LogP contribution in [0.4, 0.5) is 0 Å². The lowest BCUT2D eigenvalue weighted by atomic mass is 10.1. The second-order valence-electron chi connectivity index (χ2n) is 5.26. The summed E-state index contributed by atoms with van der Waals surface area (Å²) in [5, 5.41) is 14.0. The molecule has 0 saturated carbocycles. The SMILES string of the molecule is COc1cc([C@H](C)O)ccc1OCc1ccn(C(C)C)n1. The summed E-state index contributed by atoms with van der Waals surface area (Å²) in [5.74, 6) is 1.25. The molecule has 0 aliphatic rings. The van der Waals surface area contributed by atoms with Crippen LogP contribution in [0.1, 0.15) is 44.2 Å². The van der Waals surface area contributed by atoms with Crippen LogP contribution in [0, 0.1) is 0 Å². The molecule has 2 aromatic rings. The van der Waals surface area contributed by atoms with Crippen molar-refractivity contribution in [3.05, 3.63) is 41.7 Å². The maximum absolute atomic E-state index is 9.59. The van der Waals surface area contributed by atoms with Crippen molar-refractivity contribution in [2.75, 3.05) is 7.11 Å². The quantitative estimate of drug-likeness (QED) is 0.888. The van der Waals surface area contributed by atoms with Crippen molar-refractivity contribution in [2.24, 2.45) is 0 Å². The van der Waals surface area contributed by atoms with Crippen LogP contribution in [0.5, 0.6) is 11.5 Å². The summed E-state index contributed by atoms with van der Waals surface area (Å²) in [5.41, 5.74) is 1.66. The van der Waals surface area contributed by atoms with Gasteiger partial charge in [0.1, 0.15) is 6.61 Å². The highest BCUT2D eigenvalue weighted by atomic mass is 16.5. The first-order valence-corrected chi connectivity index (χ1v) is 7.04. The van der Waals surface area contributed by atoms with Gasteiger partial charge in [0, 0.05) is 12.2 Å². The number of methoxy groups -OCH3 is 1. The molecule has 5 heteroatoms. The van der Waals surface area contributed by atoms with E-state index in [0.29, 0.717) is 24.1 Å².